The fourth-order valence-corrected chi connectivity index (χ4v) is 2.57. The Hall–Kier alpha value is -0.590. The normalized spacial score (nSPS) is 11.8. The number of ether oxygens (including phenoxy) is 1. The monoisotopic (exact) mass is 335 g/mol. The molecule has 6 heteroatoms. The highest BCUT2D eigenvalue weighted by Gasteiger charge is 2.10. The molecule has 4 nitrogen and oxygen atoms in total. The Morgan fingerprint density at radius 2 is 1.89 bits per heavy atom. The Morgan fingerprint density at radius 3 is 2.39 bits per heavy atom. The Kier molecular flexibility index (Phi) is 6.11. The third-order valence-electron chi connectivity index (χ3n) is 2.18. The van der Waals surface area contributed by atoms with E-state index < -0.39 is 10.0 Å². The molecule has 0 bridgehead atoms. The van der Waals surface area contributed by atoms with E-state index in [1.54, 1.807) is 12.1 Å². The molecular formula is C12H18BrNO3S. The van der Waals surface area contributed by atoms with Crippen molar-refractivity contribution in [3.8, 4) is 0 Å². The number of benzene rings is 1. The first-order valence-electron chi connectivity index (χ1n) is 5.70. The van der Waals surface area contributed by atoms with E-state index in [1.165, 1.54) is 0 Å². The summed E-state index contributed by atoms with van der Waals surface area (Å²) in [6, 6.07) is 7.24. The SMILES string of the molecule is CC(C)OCCS(=O)(=O)Nc1ccc(CBr)cc1. The van der Waals surface area contributed by atoms with E-state index in [1.807, 2.05) is 26.0 Å². The molecule has 1 aromatic carbocycles. The van der Waals surface area contributed by atoms with Crippen LogP contribution in [0.2, 0.25) is 0 Å². The van der Waals surface area contributed by atoms with Crippen LogP contribution in [0.25, 0.3) is 0 Å². The van der Waals surface area contributed by atoms with Crippen molar-refractivity contribution >= 4 is 31.6 Å². The molecule has 1 aromatic rings. The average Bonchev–Trinajstić information content (AvgIpc) is 2.28. The lowest BCUT2D eigenvalue weighted by Crippen LogP contribution is -2.21. The topological polar surface area (TPSA) is 55.4 Å². The summed E-state index contributed by atoms with van der Waals surface area (Å²) in [5.74, 6) is -0.0363. The number of halogens is 1. The summed E-state index contributed by atoms with van der Waals surface area (Å²) >= 11 is 3.34. The molecule has 0 atom stereocenters. The number of alkyl halides is 1. The van der Waals surface area contributed by atoms with Crippen LogP contribution in [0.4, 0.5) is 5.69 Å². The van der Waals surface area contributed by atoms with Crippen LogP contribution in [0, 0.1) is 0 Å². The Bertz CT molecular complexity index is 457. The molecule has 0 radical (unpaired) electrons. The van der Waals surface area contributed by atoms with Crippen LogP contribution >= 0.6 is 15.9 Å². The van der Waals surface area contributed by atoms with E-state index >= 15 is 0 Å². The standard InChI is InChI=1S/C12H18BrNO3S/c1-10(2)17-7-8-18(15,16)14-12-5-3-11(9-13)4-6-12/h3-6,10,14H,7-9H2,1-2H3. The van der Waals surface area contributed by atoms with Crippen LogP contribution in [0.5, 0.6) is 0 Å². The number of sulfonamides is 1. The van der Waals surface area contributed by atoms with Gasteiger partial charge in [-0.15, -0.1) is 0 Å². The van der Waals surface area contributed by atoms with Crippen molar-refractivity contribution in [2.75, 3.05) is 17.1 Å². The lowest BCUT2D eigenvalue weighted by Gasteiger charge is -2.10. The number of anilines is 1. The quantitative estimate of drug-likeness (QED) is 0.779. The predicted molar refractivity (Wildman–Crippen MR) is 77.6 cm³/mol. The third kappa shape index (κ3) is 5.84. The molecule has 0 fully saturated rings. The van der Waals surface area contributed by atoms with Gasteiger partial charge in [-0.25, -0.2) is 8.42 Å². The first kappa shape index (κ1) is 15.5. The zero-order chi connectivity index (χ0) is 13.6. The van der Waals surface area contributed by atoms with Crippen LogP contribution in [0.15, 0.2) is 24.3 Å². The second-order valence-corrected chi connectivity index (χ2v) is 6.57. The van der Waals surface area contributed by atoms with Gasteiger partial charge in [-0.05, 0) is 31.5 Å². The summed E-state index contributed by atoms with van der Waals surface area (Å²) in [7, 11) is -3.34. The summed E-state index contributed by atoms with van der Waals surface area (Å²) in [5, 5.41) is 0.752. The maximum absolute atomic E-state index is 11.7. The molecule has 0 unspecified atom stereocenters. The molecular weight excluding hydrogens is 318 g/mol. The molecule has 18 heavy (non-hydrogen) atoms. The second-order valence-electron chi connectivity index (χ2n) is 4.17. The molecule has 0 saturated carbocycles. The van der Waals surface area contributed by atoms with Crippen molar-refractivity contribution in [2.45, 2.75) is 25.3 Å². The molecule has 1 rings (SSSR count). The van der Waals surface area contributed by atoms with Crippen molar-refractivity contribution < 1.29 is 13.2 Å². The van der Waals surface area contributed by atoms with E-state index in [9.17, 15) is 8.42 Å². The van der Waals surface area contributed by atoms with Gasteiger partial charge < -0.3 is 4.74 Å². The fraction of sp³-hybridized carbons (Fsp3) is 0.500. The largest absolute Gasteiger partial charge is 0.378 e. The van der Waals surface area contributed by atoms with Gasteiger partial charge in [0.05, 0.1) is 18.5 Å². The minimum atomic E-state index is -3.34. The molecule has 0 saturated heterocycles. The van der Waals surface area contributed by atoms with E-state index in [0.29, 0.717) is 5.69 Å². The summed E-state index contributed by atoms with van der Waals surface area (Å²) in [5.41, 5.74) is 1.67. The molecule has 0 aromatic heterocycles. The van der Waals surface area contributed by atoms with Crippen LogP contribution in [0.1, 0.15) is 19.4 Å². The molecule has 102 valence electrons. The van der Waals surface area contributed by atoms with Gasteiger partial charge in [0.1, 0.15) is 0 Å². The van der Waals surface area contributed by atoms with Gasteiger partial charge in [-0.3, -0.25) is 4.72 Å². The van der Waals surface area contributed by atoms with Gasteiger partial charge in [0.15, 0.2) is 0 Å². The lowest BCUT2D eigenvalue weighted by molar-refractivity contribution is 0.0913. The summed E-state index contributed by atoms with van der Waals surface area (Å²) in [6.07, 6.45) is 0.0402. The molecule has 0 heterocycles. The van der Waals surface area contributed by atoms with Crippen LogP contribution in [0.3, 0.4) is 0 Å². The summed E-state index contributed by atoms with van der Waals surface area (Å²) in [4.78, 5) is 0. The van der Waals surface area contributed by atoms with Gasteiger partial charge in [0.25, 0.3) is 0 Å². The van der Waals surface area contributed by atoms with Gasteiger partial charge in [0, 0.05) is 11.0 Å². The number of rotatable bonds is 7. The van der Waals surface area contributed by atoms with Crippen LogP contribution in [-0.2, 0) is 20.1 Å². The Morgan fingerprint density at radius 1 is 1.28 bits per heavy atom. The zero-order valence-electron chi connectivity index (χ0n) is 10.5. The molecule has 0 aliphatic rings. The Balaban J connectivity index is 2.53. The minimum Gasteiger partial charge on any atom is -0.378 e. The van der Waals surface area contributed by atoms with Crippen molar-refractivity contribution in [1.29, 1.82) is 0 Å². The lowest BCUT2D eigenvalue weighted by atomic mass is 10.2. The third-order valence-corrected chi connectivity index (χ3v) is 4.08. The van der Waals surface area contributed by atoms with Gasteiger partial charge in [-0.1, -0.05) is 28.1 Å². The molecule has 1 N–H and O–H groups in total. The van der Waals surface area contributed by atoms with E-state index in [2.05, 4.69) is 20.7 Å². The first-order valence-corrected chi connectivity index (χ1v) is 8.47. The maximum Gasteiger partial charge on any atom is 0.234 e. The second kappa shape index (κ2) is 7.11. The first-order chi connectivity index (χ1) is 8.43. The van der Waals surface area contributed by atoms with Gasteiger partial charge >= 0.3 is 0 Å². The van der Waals surface area contributed by atoms with Crippen LogP contribution < -0.4 is 4.72 Å². The average molecular weight is 336 g/mol. The molecule has 0 aliphatic carbocycles. The summed E-state index contributed by atoms with van der Waals surface area (Å²) in [6.45, 7) is 3.95. The number of hydrogen-bond donors (Lipinski definition) is 1. The van der Waals surface area contributed by atoms with E-state index in [0.717, 1.165) is 10.9 Å². The predicted octanol–water partition coefficient (Wildman–Crippen LogP) is 2.75. The highest BCUT2D eigenvalue weighted by Crippen LogP contribution is 2.13. The van der Waals surface area contributed by atoms with Crippen LogP contribution in [-0.4, -0.2) is 26.9 Å². The highest BCUT2D eigenvalue weighted by atomic mass is 79.9. The summed E-state index contributed by atoms with van der Waals surface area (Å²) < 4.78 is 31.2. The number of nitrogens with one attached hydrogen (secondary N) is 1. The van der Waals surface area contributed by atoms with Crippen molar-refractivity contribution in [3.05, 3.63) is 29.8 Å². The minimum absolute atomic E-state index is 0.0363. The van der Waals surface area contributed by atoms with Crippen molar-refractivity contribution in [1.82, 2.24) is 0 Å². The molecule has 0 aliphatic heterocycles. The maximum atomic E-state index is 11.7. The van der Waals surface area contributed by atoms with Gasteiger partial charge in [-0.2, -0.15) is 0 Å². The van der Waals surface area contributed by atoms with Gasteiger partial charge in [0.2, 0.25) is 10.0 Å². The fourth-order valence-electron chi connectivity index (χ4n) is 1.29. The smallest absolute Gasteiger partial charge is 0.234 e. The molecule has 0 spiro atoms. The highest BCUT2D eigenvalue weighted by molar-refractivity contribution is 9.08. The Labute approximate surface area is 117 Å². The number of hydrogen-bond acceptors (Lipinski definition) is 3. The van der Waals surface area contributed by atoms with E-state index in [4.69, 9.17) is 4.74 Å². The van der Waals surface area contributed by atoms with E-state index in [-0.39, 0.29) is 18.5 Å². The van der Waals surface area contributed by atoms with Crippen molar-refractivity contribution in [3.63, 3.8) is 0 Å². The van der Waals surface area contributed by atoms with Crippen molar-refractivity contribution in [2.24, 2.45) is 0 Å². The molecule has 0 amide bonds. The zero-order valence-corrected chi connectivity index (χ0v) is 12.9.